The molecular formula is C20H32ClNO4. The number of aliphatic hydroxyl groups excluding tert-OH is 1. The molecule has 1 aromatic carbocycles. The highest BCUT2D eigenvalue weighted by molar-refractivity contribution is 5.85. The van der Waals surface area contributed by atoms with Crippen molar-refractivity contribution in [2.24, 2.45) is 0 Å². The molecule has 5 nitrogen and oxygen atoms in total. The van der Waals surface area contributed by atoms with Gasteiger partial charge in [0.15, 0.2) is 11.5 Å². The molecule has 2 fully saturated rings. The Balaban J connectivity index is 0.00000243. The summed E-state index contributed by atoms with van der Waals surface area (Å²) in [6.45, 7) is 2.52. The zero-order valence-corrected chi connectivity index (χ0v) is 16.7. The van der Waals surface area contributed by atoms with Crippen molar-refractivity contribution in [3.8, 4) is 11.5 Å². The summed E-state index contributed by atoms with van der Waals surface area (Å²) in [4.78, 5) is 2.44. The van der Waals surface area contributed by atoms with Crippen molar-refractivity contribution in [2.75, 3.05) is 33.9 Å². The Kier molecular flexibility index (Phi) is 8.48. The lowest BCUT2D eigenvalue weighted by Crippen LogP contribution is -2.46. The molecular weight excluding hydrogens is 354 g/mol. The Morgan fingerprint density at radius 2 is 1.85 bits per heavy atom. The lowest BCUT2D eigenvalue weighted by Gasteiger charge is -2.37. The summed E-state index contributed by atoms with van der Waals surface area (Å²) in [7, 11) is 3.31. The maximum absolute atomic E-state index is 9.83. The number of β-amino-alcohol motifs (C(OH)–C–C–N with tert-alkyl or cyclic N) is 1. The van der Waals surface area contributed by atoms with Gasteiger partial charge < -0.3 is 19.3 Å². The highest BCUT2D eigenvalue weighted by Gasteiger charge is 2.34. The molecule has 3 atom stereocenters. The number of likely N-dealkylation sites (tertiary alicyclic amines) is 1. The van der Waals surface area contributed by atoms with Gasteiger partial charge in [-0.15, -0.1) is 12.4 Å². The minimum absolute atomic E-state index is 0. The topological polar surface area (TPSA) is 51.2 Å². The first-order valence-electron chi connectivity index (χ1n) is 9.46. The van der Waals surface area contributed by atoms with E-state index >= 15 is 0 Å². The van der Waals surface area contributed by atoms with Crippen LogP contribution in [0, 0.1) is 0 Å². The number of hydrogen-bond donors (Lipinski definition) is 1. The van der Waals surface area contributed by atoms with E-state index in [4.69, 9.17) is 14.2 Å². The zero-order chi connectivity index (χ0) is 17.6. The Bertz CT molecular complexity index is 557. The first kappa shape index (κ1) is 21.3. The molecule has 26 heavy (non-hydrogen) atoms. The van der Waals surface area contributed by atoms with E-state index in [1.165, 1.54) is 24.8 Å². The fraction of sp³-hybridized carbons (Fsp3) is 0.700. The van der Waals surface area contributed by atoms with Crippen LogP contribution in [-0.2, 0) is 11.2 Å². The number of hydrogen-bond acceptors (Lipinski definition) is 5. The number of aliphatic hydroxyl groups is 1. The van der Waals surface area contributed by atoms with E-state index in [0.717, 1.165) is 43.9 Å². The maximum atomic E-state index is 9.83. The van der Waals surface area contributed by atoms with Gasteiger partial charge in [-0.05, 0) is 43.4 Å². The lowest BCUT2D eigenvalue weighted by atomic mass is 9.91. The van der Waals surface area contributed by atoms with Crippen LogP contribution in [0.2, 0.25) is 0 Å². The van der Waals surface area contributed by atoms with Crippen molar-refractivity contribution in [1.29, 1.82) is 0 Å². The number of nitrogens with zero attached hydrogens (tertiary/aromatic N) is 1. The highest BCUT2D eigenvalue weighted by Crippen LogP contribution is 2.30. The van der Waals surface area contributed by atoms with Gasteiger partial charge in [0.25, 0.3) is 0 Å². The van der Waals surface area contributed by atoms with Crippen molar-refractivity contribution >= 4 is 12.4 Å². The summed E-state index contributed by atoms with van der Waals surface area (Å²) in [5.41, 5.74) is 1.20. The van der Waals surface area contributed by atoms with Gasteiger partial charge in [-0.1, -0.05) is 18.9 Å². The molecule has 1 N–H and O–H groups in total. The Labute approximate surface area is 163 Å². The van der Waals surface area contributed by atoms with E-state index in [2.05, 4.69) is 11.0 Å². The Morgan fingerprint density at radius 1 is 1.08 bits per heavy atom. The van der Waals surface area contributed by atoms with Gasteiger partial charge in [0.2, 0.25) is 0 Å². The van der Waals surface area contributed by atoms with Gasteiger partial charge in [-0.25, -0.2) is 0 Å². The molecule has 1 heterocycles. The quantitative estimate of drug-likeness (QED) is 0.781. The van der Waals surface area contributed by atoms with Crippen LogP contribution in [0.3, 0.4) is 0 Å². The van der Waals surface area contributed by atoms with Crippen molar-refractivity contribution in [1.82, 2.24) is 4.90 Å². The van der Waals surface area contributed by atoms with Gasteiger partial charge in [-0.3, -0.25) is 4.90 Å². The average molecular weight is 386 g/mol. The monoisotopic (exact) mass is 385 g/mol. The van der Waals surface area contributed by atoms with Gasteiger partial charge in [0, 0.05) is 19.1 Å². The van der Waals surface area contributed by atoms with E-state index in [-0.39, 0.29) is 18.5 Å². The standard InChI is InChI=1S/C20H31NO4.ClH/c1-23-19-8-7-15(13-20(19)24-2)10-12-25-18-6-4-3-5-17(18)21-11-9-16(22)14-21;/h7-8,13,16-18,22H,3-6,9-12,14H2,1-2H3;1H/t16-,17+,18-;/m0./s1. The average Bonchev–Trinajstić information content (AvgIpc) is 3.08. The second kappa shape index (κ2) is 10.4. The molecule has 1 aliphatic carbocycles. The normalized spacial score (nSPS) is 26.3. The van der Waals surface area contributed by atoms with Crippen LogP contribution in [0.4, 0.5) is 0 Å². The first-order valence-corrected chi connectivity index (χ1v) is 9.46. The third-order valence-electron chi connectivity index (χ3n) is 5.50. The summed E-state index contributed by atoms with van der Waals surface area (Å²) >= 11 is 0. The molecule has 0 aromatic heterocycles. The summed E-state index contributed by atoms with van der Waals surface area (Å²) < 4.78 is 16.9. The van der Waals surface area contributed by atoms with Crippen LogP contribution in [0.15, 0.2) is 18.2 Å². The highest BCUT2D eigenvalue weighted by atomic mass is 35.5. The molecule has 148 valence electrons. The number of ether oxygens (including phenoxy) is 3. The smallest absolute Gasteiger partial charge is 0.160 e. The predicted octanol–water partition coefficient (Wildman–Crippen LogP) is 3.06. The summed E-state index contributed by atoms with van der Waals surface area (Å²) in [6.07, 6.45) is 6.73. The maximum Gasteiger partial charge on any atom is 0.160 e. The van der Waals surface area contributed by atoms with Crippen LogP contribution in [-0.4, -0.2) is 62.2 Å². The Hall–Kier alpha value is -1.01. The van der Waals surface area contributed by atoms with E-state index in [0.29, 0.717) is 18.8 Å². The van der Waals surface area contributed by atoms with Gasteiger partial charge in [-0.2, -0.15) is 0 Å². The molecule has 3 rings (SSSR count). The molecule has 1 saturated carbocycles. The van der Waals surface area contributed by atoms with E-state index in [9.17, 15) is 5.11 Å². The molecule has 0 bridgehead atoms. The fourth-order valence-corrected chi connectivity index (χ4v) is 4.12. The van der Waals surface area contributed by atoms with Gasteiger partial charge in [0.05, 0.1) is 33.0 Å². The van der Waals surface area contributed by atoms with Crippen LogP contribution in [0.25, 0.3) is 0 Å². The number of benzene rings is 1. The van der Waals surface area contributed by atoms with Crippen LogP contribution < -0.4 is 9.47 Å². The third-order valence-corrected chi connectivity index (χ3v) is 5.50. The third kappa shape index (κ3) is 5.26. The number of halogens is 1. The molecule has 0 amide bonds. The summed E-state index contributed by atoms with van der Waals surface area (Å²) in [5, 5.41) is 9.83. The fourth-order valence-electron chi connectivity index (χ4n) is 4.12. The summed E-state index contributed by atoms with van der Waals surface area (Å²) in [5.74, 6) is 1.52. The summed E-state index contributed by atoms with van der Waals surface area (Å²) in [6, 6.07) is 6.51. The van der Waals surface area contributed by atoms with E-state index in [1.807, 2.05) is 12.1 Å². The van der Waals surface area contributed by atoms with Crippen LogP contribution in [0.5, 0.6) is 11.5 Å². The zero-order valence-electron chi connectivity index (χ0n) is 15.9. The van der Waals surface area contributed by atoms with Gasteiger partial charge in [0.1, 0.15) is 0 Å². The molecule has 0 unspecified atom stereocenters. The molecule has 1 aromatic rings. The largest absolute Gasteiger partial charge is 0.493 e. The molecule has 2 aliphatic rings. The van der Waals surface area contributed by atoms with Crippen LogP contribution >= 0.6 is 12.4 Å². The second-order valence-corrected chi connectivity index (χ2v) is 7.14. The second-order valence-electron chi connectivity index (χ2n) is 7.14. The Morgan fingerprint density at radius 3 is 2.54 bits per heavy atom. The molecule has 1 saturated heterocycles. The van der Waals surface area contributed by atoms with E-state index < -0.39 is 0 Å². The van der Waals surface area contributed by atoms with E-state index in [1.54, 1.807) is 14.2 Å². The molecule has 0 spiro atoms. The first-order chi connectivity index (χ1) is 12.2. The predicted molar refractivity (Wildman–Crippen MR) is 105 cm³/mol. The number of rotatable bonds is 7. The minimum atomic E-state index is -0.158. The SMILES string of the molecule is COc1ccc(CCO[C@H]2CCCC[C@H]2N2CC[C@H](O)C2)cc1OC.Cl. The van der Waals surface area contributed by atoms with Crippen molar-refractivity contribution in [2.45, 2.75) is 56.8 Å². The molecule has 1 aliphatic heterocycles. The van der Waals surface area contributed by atoms with Crippen molar-refractivity contribution in [3.63, 3.8) is 0 Å². The van der Waals surface area contributed by atoms with Gasteiger partial charge >= 0.3 is 0 Å². The minimum Gasteiger partial charge on any atom is -0.493 e. The van der Waals surface area contributed by atoms with Crippen molar-refractivity contribution < 1.29 is 19.3 Å². The molecule has 0 radical (unpaired) electrons. The van der Waals surface area contributed by atoms with Crippen molar-refractivity contribution in [3.05, 3.63) is 23.8 Å². The lowest BCUT2D eigenvalue weighted by molar-refractivity contribution is -0.0316. The van der Waals surface area contributed by atoms with Crippen LogP contribution in [0.1, 0.15) is 37.7 Å². The number of methoxy groups -OCH3 is 2. The molecule has 6 heteroatoms.